The summed E-state index contributed by atoms with van der Waals surface area (Å²) >= 11 is 1.46. The van der Waals surface area contributed by atoms with Gasteiger partial charge < -0.3 is 16.3 Å². The normalized spacial score (nSPS) is 11.4. The maximum atomic E-state index is 11.6. The van der Waals surface area contributed by atoms with E-state index in [9.17, 15) is 4.79 Å². The van der Waals surface area contributed by atoms with Crippen molar-refractivity contribution in [2.45, 2.75) is 19.8 Å². The first-order chi connectivity index (χ1) is 7.63. The minimum Gasteiger partial charge on any atom is -0.409 e. The average molecular weight is 241 g/mol. The minimum atomic E-state index is -0.0717. The van der Waals surface area contributed by atoms with Gasteiger partial charge in [-0.3, -0.25) is 4.79 Å². The highest BCUT2D eigenvalue weighted by molar-refractivity contribution is 7.13. The van der Waals surface area contributed by atoms with E-state index in [2.05, 4.69) is 10.5 Å². The Morgan fingerprint density at radius 2 is 2.38 bits per heavy atom. The van der Waals surface area contributed by atoms with Gasteiger partial charge in [0.25, 0.3) is 5.91 Å². The Hall–Kier alpha value is -1.56. The molecule has 4 N–H and O–H groups in total. The number of rotatable bonds is 5. The molecule has 0 fully saturated rings. The summed E-state index contributed by atoms with van der Waals surface area (Å²) in [5.41, 5.74) is 5.29. The second-order valence-electron chi connectivity index (χ2n) is 3.36. The van der Waals surface area contributed by atoms with Crippen LogP contribution >= 0.6 is 11.3 Å². The van der Waals surface area contributed by atoms with Crippen LogP contribution in [0.1, 0.15) is 27.4 Å². The van der Waals surface area contributed by atoms with Crippen LogP contribution in [-0.2, 0) is 0 Å². The van der Waals surface area contributed by atoms with Crippen LogP contribution in [0.15, 0.2) is 17.3 Å². The van der Waals surface area contributed by atoms with Crippen LogP contribution in [0, 0.1) is 6.92 Å². The molecular weight excluding hydrogens is 226 g/mol. The number of hydrogen-bond acceptors (Lipinski definition) is 4. The molecule has 1 heterocycles. The summed E-state index contributed by atoms with van der Waals surface area (Å²) in [5.74, 6) is 0.110. The molecule has 0 atom stereocenters. The van der Waals surface area contributed by atoms with Crippen LogP contribution in [0.3, 0.4) is 0 Å². The molecule has 1 amide bonds. The van der Waals surface area contributed by atoms with Crippen LogP contribution in [0.25, 0.3) is 0 Å². The fraction of sp³-hybridized carbons (Fsp3) is 0.400. The summed E-state index contributed by atoms with van der Waals surface area (Å²) in [5, 5.41) is 13.9. The molecule has 5 nitrogen and oxygen atoms in total. The van der Waals surface area contributed by atoms with Gasteiger partial charge in [-0.2, -0.15) is 0 Å². The van der Waals surface area contributed by atoms with Crippen molar-refractivity contribution in [2.24, 2.45) is 10.9 Å². The van der Waals surface area contributed by atoms with Crippen LogP contribution in [-0.4, -0.2) is 23.5 Å². The smallest absolute Gasteiger partial charge is 0.261 e. The van der Waals surface area contributed by atoms with Gasteiger partial charge in [0.1, 0.15) is 5.84 Å². The summed E-state index contributed by atoms with van der Waals surface area (Å²) in [6.45, 7) is 2.48. The number of carbonyl (C=O) groups is 1. The lowest BCUT2D eigenvalue weighted by atomic mass is 10.3. The number of amides is 1. The first kappa shape index (κ1) is 12.5. The largest absolute Gasteiger partial charge is 0.409 e. The number of carbonyl (C=O) groups excluding carboxylic acids is 1. The molecule has 0 aliphatic rings. The molecule has 0 spiro atoms. The zero-order valence-electron chi connectivity index (χ0n) is 9.06. The topological polar surface area (TPSA) is 87.7 Å². The van der Waals surface area contributed by atoms with Gasteiger partial charge in [0.2, 0.25) is 0 Å². The Morgan fingerprint density at radius 1 is 1.62 bits per heavy atom. The van der Waals surface area contributed by atoms with Gasteiger partial charge in [-0.05, 0) is 25.5 Å². The number of hydrogen-bond donors (Lipinski definition) is 3. The number of thiophene rings is 1. The average Bonchev–Trinajstić information content (AvgIpc) is 2.70. The number of nitrogens with zero attached hydrogens (tertiary/aromatic N) is 1. The highest BCUT2D eigenvalue weighted by atomic mass is 32.1. The third-order valence-corrected chi connectivity index (χ3v) is 2.99. The Kier molecular flexibility index (Phi) is 4.78. The number of nitrogens with one attached hydrogen (secondary N) is 1. The van der Waals surface area contributed by atoms with E-state index < -0.39 is 0 Å². The summed E-state index contributed by atoms with van der Waals surface area (Å²) in [4.78, 5) is 13.4. The first-order valence-electron chi connectivity index (χ1n) is 4.94. The van der Waals surface area contributed by atoms with Gasteiger partial charge >= 0.3 is 0 Å². The fourth-order valence-electron chi connectivity index (χ4n) is 1.17. The molecule has 6 heteroatoms. The Balaban J connectivity index is 2.26. The molecule has 0 aliphatic carbocycles. The van der Waals surface area contributed by atoms with Crippen molar-refractivity contribution in [2.75, 3.05) is 6.54 Å². The van der Waals surface area contributed by atoms with E-state index >= 15 is 0 Å². The first-order valence-corrected chi connectivity index (χ1v) is 5.76. The van der Waals surface area contributed by atoms with Crippen molar-refractivity contribution < 1.29 is 10.0 Å². The minimum absolute atomic E-state index is 0.0717. The van der Waals surface area contributed by atoms with Crippen molar-refractivity contribution in [1.82, 2.24) is 5.32 Å². The number of nitrogens with two attached hydrogens (primary N) is 1. The lowest BCUT2D eigenvalue weighted by molar-refractivity contribution is 0.0957. The van der Waals surface area contributed by atoms with Gasteiger partial charge in [0.05, 0.1) is 4.88 Å². The predicted octanol–water partition coefficient (Wildman–Crippen LogP) is 1.31. The second-order valence-corrected chi connectivity index (χ2v) is 4.65. The van der Waals surface area contributed by atoms with E-state index in [0.717, 1.165) is 4.88 Å². The summed E-state index contributed by atoms with van der Waals surface area (Å²) in [7, 11) is 0. The Bertz CT molecular complexity index is 387. The van der Waals surface area contributed by atoms with Gasteiger partial charge in [-0.15, -0.1) is 11.3 Å². The lowest BCUT2D eigenvalue weighted by Crippen LogP contribution is -2.24. The molecule has 0 aromatic carbocycles. The van der Waals surface area contributed by atoms with Crippen LogP contribution in [0.5, 0.6) is 0 Å². The maximum absolute atomic E-state index is 11.6. The van der Waals surface area contributed by atoms with Crippen molar-refractivity contribution in [3.8, 4) is 0 Å². The molecule has 88 valence electrons. The van der Waals surface area contributed by atoms with E-state index in [0.29, 0.717) is 24.3 Å². The standard InChI is InChI=1S/C10H15N3O2S/c1-7-4-5-8(16-7)10(14)12-6-2-3-9(11)13-15/h4-5,15H,2-3,6H2,1H3,(H2,11,13)(H,12,14). The van der Waals surface area contributed by atoms with Gasteiger partial charge in [-0.25, -0.2) is 0 Å². The fourth-order valence-corrected chi connectivity index (χ4v) is 1.95. The number of oxime groups is 1. The Labute approximate surface area is 98.0 Å². The molecule has 0 bridgehead atoms. The summed E-state index contributed by atoms with van der Waals surface area (Å²) in [6, 6.07) is 3.72. The van der Waals surface area contributed by atoms with E-state index in [1.165, 1.54) is 11.3 Å². The second kappa shape index (κ2) is 6.12. The van der Waals surface area contributed by atoms with Crippen LogP contribution in [0.2, 0.25) is 0 Å². The zero-order valence-corrected chi connectivity index (χ0v) is 9.88. The van der Waals surface area contributed by atoms with Gasteiger partial charge in [0, 0.05) is 17.8 Å². The highest BCUT2D eigenvalue weighted by Crippen LogP contribution is 2.14. The zero-order chi connectivity index (χ0) is 12.0. The van der Waals surface area contributed by atoms with Crippen LogP contribution < -0.4 is 11.1 Å². The van der Waals surface area contributed by atoms with Gasteiger partial charge in [-0.1, -0.05) is 5.16 Å². The molecular formula is C10H15N3O2S. The molecule has 16 heavy (non-hydrogen) atoms. The summed E-state index contributed by atoms with van der Waals surface area (Å²) < 4.78 is 0. The van der Waals surface area contributed by atoms with E-state index in [-0.39, 0.29) is 11.7 Å². The molecule has 1 aromatic heterocycles. The van der Waals surface area contributed by atoms with Gasteiger partial charge in [0.15, 0.2) is 0 Å². The molecule has 1 aromatic rings. The van der Waals surface area contributed by atoms with Crippen LogP contribution in [0.4, 0.5) is 0 Å². The molecule has 0 saturated carbocycles. The van der Waals surface area contributed by atoms with Crippen molar-refractivity contribution in [3.63, 3.8) is 0 Å². The SMILES string of the molecule is Cc1ccc(C(=O)NCCCC(N)=NO)s1. The predicted molar refractivity (Wildman–Crippen MR) is 64.0 cm³/mol. The summed E-state index contributed by atoms with van der Waals surface area (Å²) in [6.07, 6.45) is 1.13. The van der Waals surface area contributed by atoms with Crippen molar-refractivity contribution >= 4 is 23.1 Å². The maximum Gasteiger partial charge on any atom is 0.261 e. The molecule has 1 rings (SSSR count). The molecule has 0 unspecified atom stereocenters. The molecule has 0 aliphatic heterocycles. The van der Waals surface area contributed by atoms with Crippen molar-refractivity contribution in [1.29, 1.82) is 0 Å². The van der Waals surface area contributed by atoms with E-state index in [4.69, 9.17) is 10.9 Å². The third kappa shape index (κ3) is 3.90. The third-order valence-electron chi connectivity index (χ3n) is 1.99. The van der Waals surface area contributed by atoms with E-state index in [1.54, 1.807) is 6.07 Å². The Morgan fingerprint density at radius 3 is 2.94 bits per heavy atom. The number of aryl methyl sites for hydroxylation is 1. The lowest BCUT2D eigenvalue weighted by Gasteiger charge is -2.02. The highest BCUT2D eigenvalue weighted by Gasteiger charge is 2.06. The van der Waals surface area contributed by atoms with Crippen molar-refractivity contribution in [3.05, 3.63) is 21.9 Å². The molecule has 0 radical (unpaired) electrons. The molecule has 0 saturated heterocycles. The van der Waals surface area contributed by atoms with E-state index in [1.807, 2.05) is 13.0 Å². The monoisotopic (exact) mass is 241 g/mol. The number of amidine groups is 1. The quantitative estimate of drug-likeness (QED) is 0.239.